The van der Waals surface area contributed by atoms with Gasteiger partial charge in [0, 0.05) is 5.69 Å². The summed E-state index contributed by atoms with van der Waals surface area (Å²) in [5.74, 6) is -0.133. The zero-order valence-electron chi connectivity index (χ0n) is 10.7. The molecule has 2 rings (SSSR count). The fourth-order valence-corrected chi connectivity index (χ4v) is 2.49. The minimum absolute atomic E-state index is 0.133. The van der Waals surface area contributed by atoms with Crippen molar-refractivity contribution in [1.29, 1.82) is 0 Å². The van der Waals surface area contributed by atoms with E-state index in [2.05, 4.69) is 21.0 Å². The highest BCUT2D eigenvalue weighted by atomic mass is 32.1. The summed E-state index contributed by atoms with van der Waals surface area (Å²) < 4.78 is 3.82. The first-order valence-corrected chi connectivity index (χ1v) is 6.58. The molecule has 94 valence electrons. The Morgan fingerprint density at radius 2 is 1.94 bits per heavy atom. The maximum Gasteiger partial charge on any atom is 0.269 e. The first kappa shape index (κ1) is 12.7. The van der Waals surface area contributed by atoms with Gasteiger partial charge in [-0.25, -0.2) is 0 Å². The van der Waals surface area contributed by atoms with Crippen molar-refractivity contribution >= 4 is 23.1 Å². The van der Waals surface area contributed by atoms with Gasteiger partial charge < -0.3 is 5.32 Å². The molecule has 0 atom stereocenters. The Morgan fingerprint density at radius 3 is 2.56 bits per heavy atom. The molecular weight excluding hydrogens is 246 g/mol. The summed E-state index contributed by atoms with van der Waals surface area (Å²) in [6, 6.07) is 5.97. The van der Waals surface area contributed by atoms with E-state index in [1.54, 1.807) is 0 Å². The molecule has 0 aliphatic heterocycles. The molecule has 0 radical (unpaired) electrons. The number of amides is 1. The van der Waals surface area contributed by atoms with E-state index >= 15 is 0 Å². The third kappa shape index (κ3) is 2.73. The third-order valence-electron chi connectivity index (χ3n) is 2.58. The maximum absolute atomic E-state index is 12.1. The van der Waals surface area contributed by atoms with E-state index < -0.39 is 0 Å². The number of carbonyl (C=O) groups is 1. The average Bonchev–Trinajstić information content (AvgIpc) is 2.75. The lowest BCUT2D eigenvalue weighted by molar-refractivity contribution is 0.102. The smallest absolute Gasteiger partial charge is 0.269 e. The van der Waals surface area contributed by atoms with Crippen LogP contribution in [0, 0.1) is 13.8 Å². The molecule has 0 bridgehead atoms. The number of aryl methyl sites for hydroxylation is 3. The molecule has 18 heavy (non-hydrogen) atoms. The second-order valence-corrected chi connectivity index (χ2v) is 4.99. The van der Waals surface area contributed by atoms with Crippen LogP contribution < -0.4 is 5.32 Å². The Kier molecular flexibility index (Phi) is 3.72. The molecule has 1 heterocycles. The van der Waals surface area contributed by atoms with Gasteiger partial charge in [0.25, 0.3) is 5.91 Å². The Morgan fingerprint density at radius 1 is 1.28 bits per heavy atom. The molecular formula is C13H15N3OS. The zero-order chi connectivity index (χ0) is 13.1. The second kappa shape index (κ2) is 5.27. The molecule has 0 aliphatic rings. The predicted octanol–water partition coefficient (Wildman–Crippen LogP) is 2.97. The quantitative estimate of drug-likeness (QED) is 0.924. The topological polar surface area (TPSA) is 54.9 Å². The summed E-state index contributed by atoms with van der Waals surface area (Å²) in [6.07, 6.45) is 0.714. The van der Waals surface area contributed by atoms with E-state index in [-0.39, 0.29) is 5.91 Å². The van der Waals surface area contributed by atoms with Crippen LogP contribution >= 0.6 is 11.5 Å². The Labute approximate surface area is 110 Å². The van der Waals surface area contributed by atoms with Crippen LogP contribution in [0.5, 0.6) is 0 Å². The van der Waals surface area contributed by atoms with Gasteiger partial charge in [0.2, 0.25) is 0 Å². The van der Waals surface area contributed by atoms with Gasteiger partial charge in [-0.2, -0.15) is 0 Å². The fourth-order valence-electron chi connectivity index (χ4n) is 1.85. The summed E-state index contributed by atoms with van der Waals surface area (Å²) in [5.41, 5.74) is 3.82. The fraction of sp³-hybridized carbons (Fsp3) is 0.308. The monoisotopic (exact) mass is 261 g/mol. The summed E-state index contributed by atoms with van der Waals surface area (Å²) in [5, 5.41) is 6.83. The summed E-state index contributed by atoms with van der Waals surface area (Å²) in [6.45, 7) is 5.98. The molecule has 0 aliphatic carbocycles. The van der Waals surface area contributed by atoms with Crippen molar-refractivity contribution in [3.63, 3.8) is 0 Å². The van der Waals surface area contributed by atoms with Gasteiger partial charge in [0.05, 0.1) is 5.69 Å². The zero-order valence-corrected chi connectivity index (χ0v) is 11.5. The van der Waals surface area contributed by atoms with Crippen molar-refractivity contribution in [2.75, 3.05) is 5.32 Å². The van der Waals surface area contributed by atoms with Crippen molar-refractivity contribution in [3.8, 4) is 0 Å². The van der Waals surface area contributed by atoms with Crippen LogP contribution in [0.3, 0.4) is 0 Å². The number of hydrogen-bond acceptors (Lipinski definition) is 4. The van der Waals surface area contributed by atoms with Crippen LogP contribution in [-0.4, -0.2) is 15.5 Å². The third-order valence-corrected chi connectivity index (χ3v) is 3.34. The molecule has 1 amide bonds. The number of nitrogens with one attached hydrogen (secondary N) is 1. The Bertz CT molecular complexity index is 557. The minimum atomic E-state index is -0.133. The number of nitrogens with zero attached hydrogens (tertiary/aromatic N) is 2. The molecule has 0 fully saturated rings. The van der Waals surface area contributed by atoms with E-state index in [4.69, 9.17) is 0 Å². The normalized spacial score (nSPS) is 10.4. The van der Waals surface area contributed by atoms with Crippen molar-refractivity contribution in [2.45, 2.75) is 27.2 Å². The van der Waals surface area contributed by atoms with Gasteiger partial charge in [-0.15, -0.1) is 5.10 Å². The largest absolute Gasteiger partial charge is 0.321 e. The lowest BCUT2D eigenvalue weighted by Gasteiger charge is -2.06. The van der Waals surface area contributed by atoms with Crippen LogP contribution in [0.15, 0.2) is 18.2 Å². The van der Waals surface area contributed by atoms with E-state index in [9.17, 15) is 4.79 Å². The highest BCUT2D eigenvalue weighted by Gasteiger charge is 2.15. The number of carbonyl (C=O) groups excluding carboxylic acids is 1. The molecule has 2 aromatic rings. The number of benzene rings is 1. The summed E-state index contributed by atoms with van der Waals surface area (Å²) >= 11 is 1.14. The molecule has 0 spiro atoms. The van der Waals surface area contributed by atoms with Crippen molar-refractivity contribution in [1.82, 2.24) is 9.59 Å². The van der Waals surface area contributed by atoms with E-state index in [1.165, 1.54) is 0 Å². The molecule has 0 saturated heterocycles. The second-order valence-electron chi connectivity index (χ2n) is 4.23. The van der Waals surface area contributed by atoms with Gasteiger partial charge >= 0.3 is 0 Å². The standard InChI is InChI=1S/C13H15N3OS/c1-4-11-12(18-16-15-11)13(17)14-10-6-8(2)5-9(3)7-10/h5-7H,4H2,1-3H3,(H,14,17). The first-order chi connectivity index (χ1) is 8.60. The molecule has 5 heteroatoms. The van der Waals surface area contributed by atoms with Crippen molar-refractivity contribution < 1.29 is 4.79 Å². The molecule has 4 nitrogen and oxygen atoms in total. The predicted molar refractivity (Wildman–Crippen MR) is 73.2 cm³/mol. The number of anilines is 1. The lowest BCUT2D eigenvalue weighted by Crippen LogP contribution is -2.12. The first-order valence-electron chi connectivity index (χ1n) is 5.81. The number of hydrogen-bond donors (Lipinski definition) is 1. The molecule has 1 aromatic heterocycles. The van der Waals surface area contributed by atoms with Gasteiger partial charge in [0.1, 0.15) is 4.88 Å². The Hall–Kier alpha value is -1.75. The maximum atomic E-state index is 12.1. The van der Waals surface area contributed by atoms with Crippen molar-refractivity contribution in [2.24, 2.45) is 0 Å². The molecule has 1 N–H and O–H groups in total. The minimum Gasteiger partial charge on any atom is -0.321 e. The molecule has 0 unspecified atom stereocenters. The number of rotatable bonds is 3. The number of aromatic nitrogens is 2. The lowest BCUT2D eigenvalue weighted by atomic mass is 10.1. The van der Waals surface area contributed by atoms with E-state index in [0.29, 0.717) is 11.3 Å². The van der Waals surface area contributed by atoms with Gasteiger partial charge in [-0.3, -0.25) is 4.79 Å². The summed E-state index contributed by atoms with van der Waals surface area (Å²) in [4.78, 5) is 12.7. The van der Waals surface area contributed by atoms with Crippen LogP contribution in [0.4, 0.5) is 5.69 Å². The summed E-state index contributed by atoms with van der Waals surface area (Å²) in [7, 11) is 0. The average molecular weight is 261 g/mol. The van der Waals surface area contributed by atoms with E-state index in [0.717, 1.165) is 34.0 Å². The molecule has 0 saturated carbocycles. The highest BCUT2D eigenvalue weighted by Crippen LogP contribution is 2.17. The van der Waals surface area contributed by atoms with Crippen molar-refractivity contribution in [3.05, 3.63) is 39.9 Å². The van der Waals surface area contributed by atoms with Crippen LogP contribution in [0.2, 0.25) is 0 Å². The van der Waals surface area contributed by atoms with E-state index in [1.807, 2.05) is 32.9 Å². The van der Waals surface area contributed by atoms with Crippen LogP contribution in [0.25, 0.3) is 0 Å². The van der Waals surface area contributed by atoms with Crippen LogP contribution in [-0.2, 0) is 6.42 Å². The van der Waals surface area contributed by atoms with Gasteiger partial charge in [0.15, 0.2) is 0 Å². The highest BCUT2D eigenvalue weighted by molar-refractivity contribution is 7.08. The van der Waals surface area contributed by atoms with Crippen LogP contribution in [0.1, 0.15) is 33.4 Å². The molecule has 1 aromatic carbocycles. The van der Waals surface area contributed by atoms with Gasteiger partial charge in [-0.1, -0.05) is 17.5 Å². The Balaban J connectivity index is 2.21. The van der Waals surface area contributed by atoms with Gasteiger partial charge in [-0.05, 0) is 55.1 Å². The SMILES string of the molecule is CCc1nnsc1C(=O)Nc1cc(C)cc(C)c1.